The first kappa shape index (κ1) is 17.8. The molecular weight excluding hydrogens is 328 g/mol. The van der Waals surface area contributed by atoms with Crippen molar-refractivity contribution in [2.45, 2.75) is 11.8 Å². The second kappa shape index (κ2) is 7.35. The molecule has 128 valence electrons. The van der Waals surface area contributed by atoms with Crippen LogP contribution < -0.4 is 9.46 Å². The lowest BCUT2D eigenvalue weighted by Gasteiger charge is -2.12. The first-order valence-electron chi connectivity index (χ1n) is 7.30. The van der Waals surface area contributed by atoms with E-state index in [2.05, 4.69) is 4.72 Å². The number of carbonyl (C=O) groups excluding carboxylic acids is 1. The molecule has 0 radical (unpaired) electrons. The van der Waals surface area contributed by atoms with Gasteiger partial charge in [-0.05, 0) is 43.3 Å². The van der Waals surface area contributed by atoms with Gasteiger partial charge in [0.1, 0.15) is 5.75 Å². The first-order chi connectivity index (χ1) is 11.3. The fourth-order valence-electron chi connectivity index (χ4n) is 1.82. The highest BCUT2D eigenvalue weighted by Gasteiger charge is 2.14. The van der Waals surface area contributed by atoms with Crippen LogP contribution in [0.3, 0.4) is 0 Å². The molecule has 0 unspecified atom stereocenters. The van der Waals surface area contributed by atoms with Crippen LogP contribution in [0.5, 0.6) is 5.75 Å². The van der Waals surface area contributed by atoms with E-state index in [0.717, 1.165) is 5.56 Å². The molecule has 0 aliphatic carbocycles. The molecule has 1 amide bonds. The quantitative estimate of drug-likeness (QED) is 0.869. The van der Waals surface area contributed by atoms with Gasteiger partial charge in [-0.25, -0.2) is 8.42 Å². The van der Waals surface area contributed by atoms with Gasteiger partial charge in [-0.15, -0.1) is 0 Å². The highest BCUT2D eigenvalue weighted by molar-refractivity contribution is 7.92. The van der Waals surface area contributed by atoms with Gasteiger partial charge < -0.3 is 9.64 Å². The number of hydrogen-bond donors (Lipinski definition) is 1. The van der Waals surface area contributed by atoms with Crippen molar-refractivity contribution >= 4 is 21.6 Å². The van der Waals surface area contributed by atoms with E-state index in [-0.39, 0.29) is 17.4 Å². The summed E-state index contributed by atoms with van der Waals surface area (Å²) in [4.78, 5) is 13.0. The van der Waals surface area contributed by atoms with Crippen molar-refractivity contribution in [3.63, 3.8) is 0 Å². The fourth-order valence-corrected chi connectivity index (χ4v) is 2.88. The van der Waals surface area contributed by atoms with Crippen LogP contribution in [0.15, 0.2) is 53.4 Å². The van der Waals surface area contributed by atoms with Crippen LogP contribution >= 0.6 is 0 Å². The molecule has 0 saturated heterocycles. The Morgan fingerprint density at radius 1 is 1.04 bits per heavy atom. The lowest BCUT2D eigenvalue weighted by Crippen LogP contribution is -2.27. The SMILES string of the molecule is Cc1ccc(NS(=O)(=O)c2ccc(OCC(=O)N(C)C)cc2)cc1. The molecule has 0 spiro atoms. The zero-order chi connectivity index (χ0) is 17.7. The van der Waals surface area contributed by atoms with Crippen molar-refractivity contribution in [2.24, 2.45) is 0 Å². The molecule has 0 fully saturated rings. The number of nitrogens with one attached hydrogen (secondary N) is 1. The lowest BCUT2D eigenvalue weighted by molar-refractivity contribution is -0.130. The van der Waals surface area contributed by atoms with E-state index >= 15 is 0 Å². The Morgan fingerprint density at radius 3 is 2.17 bits per heavy atom. The molecule has 0 heterocycles. The third-order valence-corrected chi connectivity index (χ3v) is 4.70. The molecule has 0 aliphatic heterocycles. The Hall–Kier alpha value is -2.54. The van der Waals surface area contributed by atoms with Crippen molar-refractivity contribution in [3.05, 3.63) is 54.1 Å². The molecule has 2 rings (SSSR count). The molecule has 0 aliphatic rings. The Bertz CT molecular complexity index is 797. The smallest absolute Gasteiger partial charge is 0.261 e. The molecule has 0 aromatic heterocycles. The summed E-state index contributed by atoms with van der Waals surface area (Å²) in [5.41, 5.74) is 1.55. The van der Waals surface area contributed by atoms with Gasteiger partial charge in [0.2, 0.25) is 0 Å². The van der Waals surface area contributed by atoms with Gasteiger partial charge in [-0.2, -0.15) is 0 Å². The Labute approximate surface area is 142 Å². The molecule has 6 nitrogen and oxygen atoms in total. The molecule has 2 aromatic rings. The molecule has 7 heteroatoms. The maximum atomic E-state index is 12.3. The molecule has 24 heavy (non-hydrogen) atoms. The Kier molecular flexibility index (Phi) is 5.46. The summed E-state index contributed by atoms with van der Waals surface area (Å²) in [7, 11) is -0.394. The van der Waals surface area contributed by atoms with Crippen molar-refractivity contribution in [1.29, 1.82) is 0 Å². The van der Waals surface area contributed by atoms with E-state index in [4.69, 9.17) is 4.74 Å². The van der Waals surface area contributed by atoms with Crippen LogP contribution in [0, 0.1) is 6.92 Å². The Balaban J connectivity index is 2.05. The predicted octanol–water partition coefficient (Wildman–Crippen LogP) is 2.26. The van der Waals surface area contributed by atoms with Crippen molar-refractivity contribution in [3.8, 4) is 5.75 Å². The largest absolute Gasteiger partial charge is 0.484 e. The second-order valence-corrected chi connectivity index (χ2v) is 7.20. The van der Waals surface area contributed by atoms with Gasteiger partial charge in [-0.3, -0.25) is 9.52 Å². The fraction of sp³-hybridized carbons (Fsp3) is 0.235. The van der Waals surface area contributed by atoms with Gasteiger partial charge in [0.25, 0.3) is 15.9 Å². The number of ether oxygens (including phenoxy) is 1. The number of likely N-dealkylation sites (N-methyl/N-ethyl adjacent to an activating group) is 1. The predicted molar refractivity (Wildman–Crippen MR) is 92.6 cm³/mol. The minimum Gasteiger partial charge on any atom is -0.484 e. The maximum Gasteiger partial charge on any atom is 0.261 e. The van der Waals surface area contributed by atoms with Crippen molar-refractivity contribution in [2.75, 3.05) is 25.4 Å². The van der Waals surface area contributed by atoms with Crippen LogP contribution in [-0.4, -0.2) is 39.9 Å². The van der Waals surface area contributed by atoms with E-state index in [1.807, 2.05) is 19.1 Å². The highest BCUT2D eigenvalue weighted by atomic mass is 32.2. The van der Waals surface area contributed by atoms with E-state index in [9.17, 15) is 13.2 Å². The van der Waals surface area contributed by atoms with Crippen LogP contribution in [0.4, 0.5) is 5.69 Å². The minimum absolute atomic E-state index is 0.0965. The average molecular weight is 348 g/mol. The van der Waals surface area contributed by atoms with Crippen LogP contribution in [0.25, 0.3) is 0 Å². The average Bonchev–Trinajstić information content (AvgIpc) is 2.55. The number of amides is 1. The third kappa shape index (κ3) is 4.73. The number of nitrogens with zero attached hydrogens (tertiary/aromatic N) is 1. The highest BCUT2D eigenvalue weighted by Crippen LogP contribution is 2.19. The number of benzene rings is 2. The normalized spacial score (nSPS) is 11.0. The van der Waals surface area contributed by atoms with Crippen LogP contribution in [-0.2, 0) is 14.8 Å². The number of rotatable bonds is 6. The monoisotopic (exact) mass is 348 g/mol. The second-order valence-electron chi connectivity index (χ2n) is 5.52. The zero-order valence-corrected chi connectivity index (χ0v) is 14.6. The summed E-state index contributed by atoms with van der Waals surface area (Å²) in [5, 5.41) is 0. The molecule has 0 atom stereocenters. The van der Waals surface area contributed by atoms with Crippen LogP contribution in [0.2, 0.25) is 0 Å². The van der Waals surface area contributed by atoms with E-state index in [1.54, 1.807) is 26.2 Å². The number of carbonyl (C=O) groups is 1. The summed E-state index contributed by atoms with van der Waals surface area (Å²) >= 11 is 0. The molecular formula is C17H20N2O4S. The summed E-state index contributed by atoms with van der Waals surface area (Å²) < 4.78 is 32.5. The third-order valence-electron chi connectivity index (χ3n) is 3.30. The Morgan fingerprint density at radius 2 is 1.62 bits per heavy atom. The van der Waals surface area contributed by atoms with Crippen LogP contribution in [0.1, 0.15) is 5.56 Å². The van der Waals surface area contributed by atoms with Gasteiger partial charge in [0.05, 0.1) is 4.90 Å². The minimum atomic E-state index is -3.67. The zero-order valence-electron chi connectivity index (χ0n) is 13.8. The van der Waals surface area contributed by atoms with Gasteiger partial charge in [0.15, 0.2) is 6.61 Å². The van der Waals surface area contributed by atoms with Gasteiger partial charge in [-0.1, -0.05) is 17.7 Å². The maximum absolute atomic E-state index is 12.3. The number of aryl methyl sites for hydroxylation is 1. The summed E-state index contributed by atoms with van der Waals surface area (Å²) in [5.74, 6) is 0.257. The first-order valence-corrected chi connectivity index (χ1v) is 8.79. The van der Waals surface area contributed by atoms with Gasteiger partial charge in [0, 0.05) is 19.8 Å². The molecule has 0 bridgehead atoms. The van der Waals surface area contributed by atoms with E-state index in [1.165, 1.54) is 29.2 Å². The molecule has 1 N–H and O–H groups in total. The van der Waals surface area contributed by atoms with E-state index < -0.39 is 10.0 Å². The molecule has 2 aromatic carbocycles. The topological polar surface area (TPSA) is 75.7 Å². The van der Waals surface area contributed by atoms with Crippen molar-refractivity contribution < 1.29 is 17.9 Å². The summed E-state index contributed by atoms with van der Waals surface area (Å²) in [6.07, 6.45) is 0. The number of anilines is 1. The summed E-state index contributed by atoms with van der Waals surface area (Å²) in [6, 6.07) is 13.0. The van der Waals surface area contributed by atoms with Crippen molar-refractivity contribution in [1.82, 2.24) is 4.90 Å². The van der Waals surface area contributed by atoms with Gasteiger partial charge >= 0.3 is 0 Å². The standard InChI is InChI=1S/C17H20N2O4S/c1-13-4-6-14(7-5-13)18-24(21,22)16-10-8-15(9-11-16)23-12-17(20)19(2)3/h4-11,18H,12H2,1-3H3. The number of hydrogen-bond acceptors (Lipinski definition) is 4. The lowest BCUT2D eigenvalue weighted by atomic mass is 10.2. The summed E-state index contributed by atoms with van der Waals surface area (Å²) in [6.45, 7) is 1.83. The van der Waals surface area contributed by atoms with E-state index in [0.29, 0.717) is 11.4 Å². The molecule has 0 saturated carbocycles. The number of sulfonamides is 1.